The van der Waals surface area contributed by atoms with Gasteiger partial charge >= 0.3 is 5.97 Å². The van der Waals surface area contributed by atoms with E-state index in [0.29, 0.717) is 5.82 Å². The molecule has 1 aromatic carbocycles. The van der Waals surface area contributed by atoms with E-state index in [1.54, 1.807) is 19.1 Å². The standard InChI is InChI=1S/C15H15N3O4/c1-10(15(19)22-2)11-3-5-12(6-4-11)17-14-8-7-13(9-16-14)18(20)21/h3-10H,1-2H3,(H,16,17)/t10-/m0/s1. The number of anilines is 2. The van der Waals surface area contributed by atoms with Crippen LogP contribution < -0.4 is 5.32 Å². The van der Waals surface area contributed by atoms with Crippen LogP contribution in [0, 0.1) is 10.1 Å². The first-order valence-corrected chi connectivity index (χ1v) is 6.56. The van der Waals surface area contributed by atoms with Crippen LogP contribution in [0.3, 0.4) is 0 Å². The van der Waals surface area contributed by atoms with E-state index in [2.05, 4.69) is 10.3 Å². The molecule has 1 aromatic heterocycles. The molecular formula is C15H15N3O4. The molecule has 0 aliphatic heterocycles. The maximum Gasteiger partial charge on any atom is 0.312 e. The normalized spacial score (nSPS) is 11.5. The van der Waals surface area contributed by atoms with E-state index in [1.807, 2.05) is 12.1 Å². The Labute approximate surface area is 127 Å². The molecule has 2 rings (SSSR count). The second kappa shape index (κ2) is 6.66. The first kappa shape index (κ1) is 15.4. The molecule has 0 saturated carbocycles. The summed E-state index contributed by atoms with van der Waals surface area (Å²) in [6, 6.07) is 10.1. The van der Waals surface area contributed by atoms with Gasteiger partial charge < -0.3 is 10.1 Å². The Balaban J connectivity index is 2.08. The minimum absolute atomic E-state index is 0.0622. The SMILES string of the molecule is COC(=O)[C@@H](C)c1ccc(Nc2ccc([N+](=O)[O-])cn2)cc1. The number of hydrogen-bond acceptors (Lipinski definition) is 6. The van der Waals surface area contributed by atoms with Gasteiger partial charge in [-0.1, -0.05) is 12.1 Å². The van der Waals surface area contributed by atoms with Gasteiger partial charge in [-0.05, 0) is 30.7 Å². The van der Waals surface area contributed by atoms with Crippen molar-refractivity contribution in [2.45, 2.75) is 12.8 Å². The quantitative estimate of drug-likeness (QED) is 0.518. The van der Waals surface area contributed by atoms with Crippen LogP contribution >= 0.6 is 0 Å². The van der Waals surface area contributed by atoms with Crippen LogP contribution in [0.4, 0.5) is 17.2 Å². The Hall–Kier alpha value is -2.96. The number of rotatable bonds is 5. The molecule has 0 amide bonds. The number of nitro groups is 1. The number of nitrogens with one attached hydrogen (secondary N) is 1. The molecule has 0 saturated heterocycles. The van der Waals surface area contributed by atoms with Gasteiger partial charge in [0.25, 0.3) is 5.69 Å². The fraction of sp³-hybridized carbons (Fsp3) is 0.200. The molecule has 7 nitrogen and oxygen atoms in total. The molecule has 1 N–H and O–H groups in total. The van der Waals surface area contributed by atoms with Crippen molar-refractivity contribution in [3.63, 3.8) is 0 Å². The summed E-state index contributed by atoms with van der Waals surface area (Å²) in [5, 5.41) is 13.6. The van der Waals surface area contributed by atoms with Crippen molar-refractivity contribution in [1.29, 1.82) is 0 Å². The Morgan fingerprint density at radius 3 is 2.45 bits per heavy atom. The molecule has 0 fully saturated rings. The molecule has 2 aromatic rings. The molecule has 0 unspecified atom stereocenters. The highest BCUT2D eigenvalue weighted by Crippen LogP contribution is 2.21. The second-order valence-electron chi connectivity index (χ2n) is 4.65. The number of methoxy groups -OCH3 is 1. The second-order valence-corrected chi connectivity index (χ2v) is 4.65. The summed E-state index contributed by atoms with van der Waals surface area (Å²) < 4.78 is 4.70. The van der Waals surface area contributed by atoms with Gasteiger partial charge in [0.2, 0.25) is 0 Å². The van der Waals surface area contributed by atoms with E-state index >= 15 is 0 Å². The zero-order valence-corrected chi connectivity index (χ0v) is 12.1. The summed E-state index contributed by atoms with van der Waals surface area (Å²) in [5.74, 6) is -0.131. The van der Waals surface area contributed by atoms with Crippen LogP contribution in [0.15, 0.2) is 42.6 Å². The number of carbonyl (C=O) groups is 1. The Morgan fingerprint density at radius 1 is 1.27 bits per heavy atom. The van der Waals surface area contributed by atoms with Crippen LogP contribution in [-0.4, -0.2) is 23.0 Å². The summed E-state index contributed by atoms with van der Waals surface area (Å²) >= 11 is 0. The zero-order chi connectivity index (χ0) is 16.1. The molecule has 0 spiro atoms. The first-order chi connectivity index (χ1) is 10.5. The number of ether oxygens (including phenoxy) is 1. The topological polar surface area (TPSA) is 94.4 Å². The van der Waals surface area contributed by atoms with E-state index in [4.69, 9.17) is 4.74 Å². The number of carbonyl (C=O) groups excluding carboxylic acids is 1. The minimum Gasteiger partial charge on any atom is -0.469 e. The van der Waals surface area contributed by atoms with Crippen molar-refractivity contribution in [3.8, 4) is 0 Å². The number of aromatic nitrogens is 1. The van der Waals surface area contributed by atoms with Crippen LogP contribution in [-0.2, 0) is 9.53 Å². The average molecular weight is 301 g/mol. The lowest BCUT2D eigenvalue weighted by Crippen LogP contribution is -2.10. The fourth-order valence-electron chi connectivity index (χ4n) is 1.88. The highest BCUT2D eigenvalue weighted by Gasteiger charge is 2.15. The molecule has 1 heterocycles. The fourth-order valence-corrected chi connectivity index (χ4v) is 1.88. The molecule has 1 atom stereocenters. The number of benzene rings is 1. The van der Waals surface area contributed by atoms with Crippen molar-refractivity contribution in [3.05, 3.63) is 58.3 Å². The van der Waals surface area contributed by atoms with Crippen molar-refractivity contribution < 1.29 is 14.5 Å². The van der Waals surface area contributed by atoms with E-state index in [-0.39, 0.29) is 17.6 Å². The van der Waals surface area contributed by atoms with Gasteiger partial charge in [0, 0.05) is 11.8 Å². The van der Waals surface area contributed by atoms with Crippen LogP contribution in [0.25, 0.3) is 0 Å². The lowest BCUT2D eigenvalue weighted by atomic mass is 10.0. The molecule has 0 aliphatic carbocycles. The summed E-state index contributed by atoms with van der Waals surface area (Å²) in [7, 11) is 1.36. The number of esters is 1. The molecule has 0 radical (unpaired) electrons. The lowest BCUT2D eigenvalue weighted by Gasteiger charge is -2.11. The predicted octanol–water partition coefficient (Wildman–Crippen LogP) is 3.01. The van der Waals surface area contributed by atoms with Crippen molar-refractivity contribution in [2.75, 3.05) is 12.4 Å². The number of hydrogen-bond donors (Lipinski definition) is 1. The van der Waals surface area contributed by atoms with Gasteiger partial charge in [0.05, 0.1) is 18.0 Å². The zero-order valence-electron chi connectivity index (χ0n) is 12.1. The van der Waals surface area contributed by atoms with Crippen LogP contribution in [0.5, 0.6) is 0 Å². The maximum atomic E-state index is 11.5. The third-order valence-corrected chi connectivity index (χ3v) is 3.20. The lowest BCUT2D eigenvalue weighted by molar-refractivity contribution is -0.385. The number of pyridine rings is 1. The van der Waals surface area contributed by atoms with Crippen molar-refractivity contribution >= 4 is 23.2 Å². The monoisotopic (exact) mass is 301 g/mol. The number of nitrogens with zero attached hydrogens (tertiary/aromatic N) is 2. The highest BCUT2D eigenvalue weighted by atomic mass is 16.6. The Kier molecular flexibility index (Phi) is 4.67. The van der Waals surface area contributed by atoms with E-state index in [9.17, 15) is 14.9 Å². The third-order valence-electron chi connectivity index (χ3n) is 3.20. The van der Waals surface area contributed by atoms with Gasteiger partial charge in [-0.2, -0.15) is 0 Å². The summed E-state index contributed by atoms with van der Waals surface area (Å²) in [5.41, 5.74) is 1.55. The Bertz CT molecular complexity index is 668. The molecule has 0 aliphatic rings. The maximum absolute atomic E-state index is 11.5. The summed E-state index contributed by atoms with van der Waals surface area (Å²) in [6.45, 7) is 1.77. The largest absolute Gasteiger partial charge is 0.469 e. The van der Waals surface area contributed by atoms with Gasteiger partial charge in [-0.3, -0.25) is 14.9 Å². The van der Waals surface area contributed by atoms with Gasteiger partial charge in [-0.25, -0.2) is 4.98 Å². The van der Waals surface area contributed by atoms with Crippen molar-refractivity contribution in [2.24, 2.45) is 0 Å². The van der Waals surface area contributed by atoms with E-state index in [1.165, 1.54) is 25.4 Å². The van der Waals surface area contributed by atoms with Gasteiger partial charge in [0.1, 0.15) is 12.0 Å². The highest BCUT2D eigenvalue weighted by molar-refractivity contribution is 5.77. The minimum atomic E-state index is -0.500. The third kappa shape index (κ3) is 3.57. The smallest absolute Gasteiger partial charge is 0.312 e. The molecular weight excluding hydrogens is 286 g/mol. The van der Waals surface area contributed by atoms with Crippen LogP contribution in [0.2, 0.25) is 0 Å². The average Bonchev–Trinajstić information content (AvgIpc) is 2.54. The summed E-state index contributed by atoms with van der Waals surface area (Å²) in [4.78, 5) is 25.5. The molecule has 114 valence electrons. The first-order valence-electron chi connectivity index (χ1n) is 6.56. The summed E-state index contributed by atoms with van der Waals surface area (Å²) in [6.07, 6.45) is 1.19. The van der Waals surface area contributed by atoms with Gasteiger partial charge in [-0.15, -0.1) is 0 Å². The molecule has 22 heavy (non-hydrogen) atoms. The van der Waals surface area contributed by atoms with E-state index < -0.39 is 4.92 Å². The predicted molar refractivity (Wildman–Crippen MR) is 81.0 cm³/mol. The molecule has 7 heteroatoms. The molecule has 0 bridgehead atoms. The Morgan fingerprint density at radius 2 is 1.95 bits per heavy atom. The van der Waals surface area contributed by atoms with Crippen molar-refractivity contribution in [1.82, 2.24) is 4.98 Å². The van der Waals surface area contributed by atoms with E-state index in [0.717, 1.165) is 11.3 Å². The van der Waals surface area contributed by atoms with Crippen LogP contribution in [0.1, 0.15) is 18.4 Å². The van der Waals surface area contributed by atoms with Gasteiger partial charge in [0.15, 0.2) is 0 Å².